The second-order valence-electron chi connectivity index (χ2n) is 23.4. The maximum absolute atomic E-state index is 17.0. The number of ether oxygens (including phenoxy) is 8. The predicted molar refractivity (Wildman–Crippen MR) is 320 cm³/mol. The number of amides is 4. The summed E-state index contributed by atoms with van der Waals surface area (Å²) in [6.07, 6.45) is -18.2. The van der Waals surface area contributed by atoms with Gasteiger partial charge in [0.1, 0.15) is 55.5 Å². The first-order chi connectivity index (χ1) is 47.1. The molecule has 0 radical (unpaired) electrons. The van der Waals surface area contributed by atoms with Crippen molar-refractivity contribution in [2.24, 2.45) is 0 Å². The fourth-order valence-electron chi connectivity index (χ4n) is 12.0. The average molecular weight is 1410 g/mol. The van der Waals surface area contributed by atoms with Crippen LogP contribution >= 0.6 is 0 Å². The van der Waals surface area contributed by atoms with Crippen LogP contribution in [-0.2, 0) is 111 Å². The number of nitrogens with one attached hydrogen (secondary N) is 1. The molecule has 10 N–H and O–H groups in total. The number of aromatic nitrogens is 5. The normalized spacial score (nSPS) is 25.4. The van der Waals surface area contributed by atoms with Crippen molar-refractivity contribution in [1.82, 2.24) is 39.7 Å². The van der Waals surface area contributed by atoms with Crippen molar-refractivity contribution in [2.75, 3.05) is 59.8 Å². The summed E-state index contributed by atoms with van der Waals surface area (Å²) in [6.45, 7) is 0.443. The summed E-state index contributed by atoms with van der Waals surface area (Å²) in [5.74, 6) is -11.3. The van der Waals surface area contributed by atoms with Gasteiger partial charge in [0, 0.05) is 59.5 Å². The number of benzene rings is 2. The van der Waals surface area contributed by atoms with Crippen LogP contribution in [0.2, 0.25) is 0 Å². The van der Waals surface area contributed by atoms with E-state index in [4.69, 9.17) is 51.2 Å². The van der Waals surface area contributed by atoms with Crippen LogP contribution in [0.5, 0.6) is 17.2 Å². The van der Waals surface area contributed by atoms with Crippen LogP contribution in [0.25, 0.3) is 22.3 Å². The van der Waals surface area contributed by atoms with Gasteiger partial charge in [-0.3, -0.25) is 28.9 Å². The lowest BCUT2D eigenvalue weighted by Crippen LogP contribution is -2.61. The van der Waals surface area contributed by atoms with Gasteiger partial charge in [-0.2, -0.15) is 0 Å². The molecule has 2 saturated heterocycles. The average Bonchev–Trinajstić information content (AvgIpc) is 1.61. The molecule has 12 atom stereocenters. The molecular weight excluding hydrogens is 1350 g/mol. The Morgan fingerprint density at radius 3 is 2.16 bits per heavy atom. The molecule has 1 aliphatic carbocycles. The van der Waals surface area contributed by atoms with Gasteiger partial charge in [-0.1, -0.05) is 12.1 Å². The molecule has 532 valence electrons. The molecule has 5 aromatic rings. The minimum atomic E-state index is -5.71. The van der Waals surface area contributed by atoms with E-state index < -0.39 is 167 Å². The highest BCUT2D eigenvalue weighted by atomic mass is 32.3. The van der Waals surface area contributed by atoms with Gasteiger partial charge in [-0.05, 0) is 49.1 Å². The zero-order valence-electron chi connectivity index (χ0n) is 52.2. The number of fused-ring (bicyclic) bond motifs is 5. The molecule has 3 aromatic heterocycles. The van der Waals surface area contributed by atoms with Gasteiger partial charge in [0.15, 0.2) is 47.2 Å². The topological polar surface area (TPSA) is 512 Å². The summed E-state index contributed by atoms with van der Waals surface area (Å²) >= 11 is 0. The quantitative estimate of drug-likeness (QED) is 0.0127. The summed E-state index contributed by atoms with van der Waals surface area (Å²) in [5.41, 5.74) is -3.17. The van der Waals surface area contributed by atoms with Gasteiger partial charge >= 0.3 is 28.3 Å². The number of aliphatic hydroxyl groups excluding tert-OH is 6. The molecule has 4 amide bonds. The number of likely N-dealkylation sites (N-methyl/N-ethyl adjacent to an activating group) is 1. The predicted octanol–water partition coefficient (Wildman–Crippen LogP) is -3.96. The van der Waals surface area contributed by atoms with Gasteiger partial charge in [-0.15, -0.1) is 13.5 Å². The Balaban J connectivity index is 0.829. The van der Waals surface area contributed by atoms with E-state index in [1.165, 1.54) is 41.4 Å². The van der Waals surface area contributed by atoms with Crippen LogP contribution in [0.4, 0.5) is 4.39 Å². The van der Waals surface area contributed by atoms with Gasteiger partial charge in [0.25, 0.3) is 23.3 Å². The number of pyridine rings is 2. The molecule has 2 aromatic carbocycles. The number of hydrogen-bond donors (Lipinski definition) is 10. The third-order valence-corrected chi connectivity index (χ3v) is 17.9. The SMILES string of the molecule is CC[C@@]1(O)C(=O)OCc2c1cc1n(c2=O)Cc2c-1nc1cc(F)c(OS(=O)(=O)Oc3cc(C(=O)N(C)CCOCCn4cc(COCCOCCN5C(=O)C=CC5=O)nn4)ccc3O[C@@H]3O[C@H](C(=O)O)[C@@H](O)[C@H](O)[C@H]3O)c3c1c2[C@H](NC(=O)COC1O[C@H](C(=O)O)[C@@H](O)[C@H](O)[C@H]1O)CC3. The summed E-state index contributed by atoms with van der Waals surface area (Å²) in [5, 5.41) is 105. The number of nitrogens with zero attached hydrogens (tertiary/aromatic N) is 7. The number of halogens is 1. The van der Waals surface area contributed by atoms with Crippen molar-refractivity contribution < 1.29 is 139 Å². The van der Waals surface area contributed by atoms with Crippen LogP contribution in [0, 0.1) is 5.82 Å². The van der Waals surface area contributed by atoms with Crippen molar-refractivity contribution in [2.45, 2.75) is 126 Å². The second-order valence-corrected chi connectivity index (χ2v) is 24.6. The number of rotatable bonds is 28. The summed E-state index contributed by atoms with van der Waals surface area (Å²) in [4.78, 5) is 109. The number of aliphatic hydroxyl groups is 7. The minimum absolute atomic E-state index is 0.0104. The molecule has 6 aliphatic rings. The van der Waals surface area contributed by atoms with Crippen LogP contribution in [0.15, 0.2) is 53.5 Å². The maximum atomic E-state index is 17.0. The number of hydrogen-bond acceptors (Lipinski definition) is 30. The molecule has 0 bridgehead atoms. The Morgan fingerprint density at radius 1 is 0.798 bits per heavy atom. The maximum Gasteiger partial charge on any atom is 0.501 e. The molecule has 39 heteroatoms. The number of imide groups is 1. The van der Waals surface area contributed by atoms with Crippen molar-refractivity contribution in [1.29, 1.82) is 0 Å². The van der Waals surface area contributed by atoms with E-state index in [-0.39, 0.29) is 141 Å². The third-order valence-electron chi connectivity index (χ3n) is 17.2. The number of carboxylic acid groups (broad SMARTS) is 2. The first-order valence-electron chi connectivity index (χ1n) is 30.6. The summed E-state index contributed by atoms with van der Waals surface area (Å²) < 4.78 is 103. The van der Waals surface area contributed by atoms with E-state index in [0.717, 1.165) is 34.1 Å². The summed E-state index contributed by atoms with van der Waals surface area (Å²) in [6, 6.07) is 3.79. The molecule has 5 aliphatic heterocycles. The molecule has 0 saturated carbocycles. The Morgan fingerprint density at radius 2 is 1.46 bits per heavy atom. The van der Waals surface area contributed by atoms with E-state index in [1.54, 1.807) is 6.20 Å². The molecule has 0 spiro atoms. The molecular formula is C60H65FN8O29S. The second kappa shape index (κ2) is 29.0. The van der Waals surface area contributed by atoms with Gasteiger partial charge < -0.3 is 107 Å². The highest BCUT2D eigenvalue weighted by Gasteiger charge is 2.51. The molecule has 99 heavy (non-hydrogen) atoms. The third kappa shape index (κ3) is 14.4. The summed E-state index contributed by atoms with van der Waals surface area (Å²) in [7, 11) is -4.35. The molecule has 8 heterocycles. The number of carboxylic acids is 2. The Kier molecular flexibility index (Phi) is 20.9. The number of carbonyl (C=O) groups excluding carboxylic acids is 5. The van der Waals surface area contributed by atoms with Crippen LogP contribution in [-0.4, -0.2) is 251 Å². The number of aliphatic carboxylic acids is 2. The van der Waals surface area contributed by atoms with E-state index in [0.29, 0.717) is 5.69 Å². The number of esters is 1. The van der Waals surface area contributed by atoms with Crippen LogP contribution in [0.1, 0.15) is 69.7 Å². The first-order valence-corrected chi connectivity index (χ1v) is 31.9. The van der Waals surface area contributed by atoms with Gasteiger partial charge in [0.2, 0.25) is 12.2 Å². The monoisotopic (exact) mass is 1410 g/mol. The molecule has 2 fully saturated rings. The Bertz CT molecular complexity index is 4230. The van der Waals surface area contributed by atoms with E-state index in [2.05, 4.69) is 15.6 Å². The van der Waals surface area contributed by atoms with Crippen LogP contribution in [0.3, 0.4) is 0 Å². The number of carbonyl (C=O) groups is 7. The lowest BCUT2D eigenvalue weighted by Gasteiger charge is -2.38. The highest BCUT2D eigenvalue weighted by molar-refractivity contribution is 7.82. The standard InChI is InChI=1S/C60H65FN8O29S/c1-3-60(86)31-19-35-43-29(22-69(35)54(80)30(31)24-93-59(60)85)42-33(62-38(70)25-92-57-48(77)44(73)46(75)51(95-57)55(81)82)6-5-28-41(42)34(63-43)20-32(61)50(28)98-99(87,88)97-37-18-26(4-7-36(37)94-58-49(78)45(74)47(76)52(96-58)56(83)84)53(79)66(2)10-13-89-14-11-67-21-27(64-65-67)23-91-17-16-90-15-12-68-39(71)8-9-40(68)72/h4,7-9,18-21,33,44-49,51-52,57-58,73-78,86H,3,5-6,10-17,22-25H2,1-2H3,(H,62,70)(H,81,82)(H,83,84)/t33-,44+,45+,46+,47+,48-,49-,51+,52+,57?,58-,60+/m1/s1. The number of aryl methyl sites for hydroxylation is 1. The first kappa shape index (κ1) is 71.2. The fraction of sp³-hybridized carbons (Fsp3) is 0.483. The van der Waals surface area contributed by atoms with Crippen molar-refractivity contribution in [3.05, 3.63) is 104 Å². The molecule has 1 unspecified atom stereocenters. The van der Waals surface area contributed by atoms with Crippen LogP contribution < -0.4 is 24.0 Å². The lowest BCUT2D eigenvalue weighted by molar-refractivity contribution is -0.292. The van der Waals surface area contributed by atoms with E-state index in [9.17, 15) is 92.7 Å². The molecule has 37 nitrogen and oxygen atoms in total. The molecule has 11 rings (SSSR count). The van der Waals surface area contributed by atoms with Crippen molar-refractivity contribution in [3.63, 3.8) is 0 Å². The van der Waals surface area contributed by atoms with Gasteiger partial charge in [-0.25, -0.2) is 28.4 Å². The Hall–Kier alpha value is -9.07. The largest absolute Gasteiger partial charge is 0.501 e. The van der Waals surface area contributed by atoms with E-state index in [1.807, 2.05) is 0 Å². The zero-order chi connectivity index (χ0) is 71.1. The van der Waals surface area contributed by atoms with Crippen molar-refractivity contribution >= 4 is 62.8 Å². The Labute approximate surface area is 557 Å². The lowest BCUT2D eigenvalue weighted by atomic mass is 9.82. The van der Waals surface area contributed by atoms with E-state index >= 15 is 4.39 Å². The zero-order valence-corrected chi connectivity index (χ0v) is 53.0. The number of cyclic esters (lactones) is 1. The minimum Gasteiger partial charge on any atom is -0.479 e. The fourth-order valence-corrected chi connectivity index (χ4v) is 12.8. The highest BCUT2D eigenvalue weighted by Crippen LogP contribution is 2.48. The van der Waals surface area contributed by atoms with Gasteiger partial charge in [0.05, 0.1) is 94.0 Å². The smallest absolute Gasteiger partial charge is 0.479 e. The van der Waals surface area contributed by atoms with Crippen molar-refractivity contribution in [3.8, 4) is 28.6 Å².